The van der Waals surface area contributed by atoms with E-state index in [-0.39, 0.29) is 11.5 Å². The first-order valence-corrected chi connectivity index (χ1v) is 8.92. The zero-order valence-electron chi connectivity index (χ0n) is 10.4. The van der Waals surface area contributed by atoms with Crippen LogP contribution in [0.3, 0.4) is 0 Å². The van der Waals surface area contributed by atoms with Crippen molar-refractivity contribution in [1.29, 1.82) is 0 Å². The Hall–Kier alpha value is -0.430. The van der Waals surface area contributed by atoms with Crippen molar-refractivity contribution in [3.8, 4) is 0 Å². The van der Waals surface area contributed by atoms with Crippen LogP contribution in [0.1, 0.15) is 20.7 Å². The molecule has 0 atom stereocenters. The quantitative estimate of drug-likeness (QED) is 0.500. The number of anilines is 1. The highest BCUT2D eigenvalue weighted by Crippen LogP contribution is 2.27. The average Bonchev–Trinajstić information content (AvgIpc) is 2.41. The van der Waals surface area contributed by atoms with E-state index in [0.717, 1.165) is 7.14 Å². The zero-order chi connectivity index (χ0) is 15.6. The molecular formula is C14H8I3NO3. The van der Waals surface area contributed by atoms with Gasteiger partial charge in [0.2, 0.25) is 0 Å². The Morgan fingerprint density at radius 3 is 2.24 bits per heavy atom. The third-order valence-electron chi connectivity index (χ3n) is 2.64. The molecule has 2 rings (SSSR count). The second-order valence-electron chi connectivity index (χ2n) is 4.05. The maximum Gasteiger partial charge on any atom is 0.337 e. The Morgan fingerprint density at radius 1 is 0.952 bits per heavy atom. The lowest BCUT2D eigenvalue weighted by molar-refractivity contribution is 0.0698. The predicted molar refractivity (Wildman–Crippen MR) is 106 cm³/mol. The highest BCUT2D eigenvalue weighted by molar-refractivity contribution is 14.1. The lowest BCUT2D eigenvalue weighted by Gasteiger charge is -2.12. The highest BCUT2D eigenvalue weighted by Gasteiger charge is 2.18. The van der Waals surface area contributed by atoms with Crippen molar-refractivity contribution in [2.45, 2.75) is 0 Å². The van der Waals surface area contributed by atoms with Gasteiger partial charge in [0, 0.05) is 10.7 Å². The first-order valence-electron chi connectivity index (χ1n) is 5.68. The van der Waals surface area contributed by atoms with Crippen LogP contribution in [0.4, 0.5) is 5.69 Å². The molecule has 0 radical (unpaired) electrons. The van der Waals surface area contributed by atoms with Crippen LogP contribution in [0.15, 0.2) is 36.4 Å². The number of carbonyl (C=O) groups excluding carboxylic acids is 1. The third-order valence-corrected chi connectivity index (χ3v) is 5.06. The molecule has 7 heteroatoms. The molecule has 0 spiro atoms. The summed E-state index contributed by atoms with van der Waals surface area (Å²) in [5.41, 5.74) is 0.933. The van der Waals surface area contributed by atoms with Gasteiger partial charge in [0.1, 0.15) is 0 Å². The zero-order valence-corrected chi connectivity index (χ0v) is 16.8. The maximum atomic E-state index is 12.3. The number of halogens is 3. The molecule has 21 heavy (non-hydrogen) atoms. The van der Waals surface area contributed by atoms with Crippen molar-refractivity contribution in [1.82, 2.24) is 0 Å². The molecule has 2 aromatic carbocycles. The van der Waals surface area contributed by atoms with E-state index in [1.165, 1.54) is 6.07 Å². The number of benzene rings is 2. The minimum Gasteiger partial charge on any atom is -0.478 e. The molecule has 0 unspecified atom stereocenters. The molecule has 0 aromatic heterocycles. The van der Waals surface area contributed by atoms with Gasteiger partial charge in [-0.2, -0.15) is 0 Å². The molecule has 0 saturated heterocycles. The Kier molecular flexibility index (Phi) is 5.82. The van der Waals surface area contributed by atoms with E-state index in [0.29, 0.717) is 14.8 Å². The fourth-order valence-corrected chi connectivity index (χ4v) is 4.31. The van der Waals surface area contributed by atoms with E-state index in [1.807, 2.05) is 63.4 Å². The summed E-state index contributed by atoms with van der Waals surface area (Å²) in [6.07, 6.45) is 0. The van der Waals surface area contributed by atoms with Gasteiger partial charge in [-0.05, 0) is 92.0 Å². The predicted octanol–water partition coefficient (Wildman–Crippen LogP) is 4.45. The van der Waals surface area contributed by atoms with Crippen molar-refractivity contribution in [3.05, 3.63) is 58.2 Å². The molecule has 0 aliphatic carbocycles. The lowest BCUT2D eigenvalue weighted by atomic mass is 10.1. The van der Waals surface area contributed by atoms with Gasteiger partial charge in [-0.1, -0.05) is 12.1 Å². The van der Waals surface area contributed by atoms with E-state index in [4.69, 9.17) is 0 Å². The van der Waals surface area contributed by atoms with Crippen LogP contribution < -0.4 is 5.32 Å². The second-order valence-corrected chi connectivity index (χ2v) is 7.62. The highest BCUT2D eigenvalue weighted by atomic mass is 127. The topological polar surface area (TPSA) is 66.4 Å². The van der Waals surface area contributed by atoms with E-state index in [2.05, 4.69) is 27.9 Å². The molecule has 2 N–H and O–H groups in total. The Bertz CT molecular complexity index is 731. The normalized spacial score (nSPS) is 10.2. The van der Waals surface area contributed by atoms with Crippen molar-refractivity contribution in [3.63, 3.8) is 0 Å². The maximum absolute atomic E-state index is 12.3. The Morgan fingerprint density at radius 2 is 1.62 bits per heavy atom. The molecule has 1 amide bonds. The van der Waals surface area contributed by atoms with Crippen LogP contribution >= 0.6 is 67.8 Å². The van der Waals surface area contributed by atoms with Gasteiger partial charge in [0.05, 0.1) is 16.8 Å². The van der Waals surface area contributed by atoms with E-state index >= 15 is 0 Å². The van der Waals surface area contributed by atoms with Gasteiger partial charge in [-0.3, -0.25) is 4.79 Å². The summed E-state index contributed by atoms with van der Waals surface area (Å²) in [5, 5.41) is 12.0. The molecule has 0 fully saturated rings. The summed E-state index contributed by atoms with van der Waals surface area (Å²) in [5.74, 6) is -1.38. The smallest absolute Gasteiger partial charge is 0.337 e. The van der Waals surface area contributed by atoms with Crippen LogP contribution in [0.5, 0.6) is 0 Å². The summed E-state index contributed by atoms with van der Waals surface area (Å²) in [6, 6.07) is 10.5. The molecule has 108 valence electrons. The van der Waals surface area contributed by atoms with Crippen LogP contribution in [0, 0.1) is 10.7 Å². The second kappa shape index (κ2) is 7.22. The molecule has 4 nitrogen and oxygen atoms in total. The molecule has 0 saturated carbocycles. The minimum absolute atomic E-state index is 0.0885. The monoisotopic (exact) mass is 619 g/mol. The lowest BCUT2D eigenvalue weighted by Crippen LogP contribution is -2.17. The molecule has 0 bridgehead atoms. The van der Waals surface area contributed by atoms with Crippen molar-refractivity contribution >= 4 is 85.3 Å². The summed E-state index contributed by atoms with van der Waals surface area (Å²) in [7, 11) is 0. The van der Waals surface area contributed by atoms with E-state index in [9.17, 15) is 14.7 Å². The number of hydrogen-bond donors (Lipinski definition) is 2. The van der Waals surface area contributed by atoms with Crippen molar-refractivity contribution < 1.29 is 14.7 Å². The van der Waals surface area contributed by atoms with Gasteiger partial charge < -0.3 is 10.4 Å². The number of rotatable bonds is 3. The summed E-state index contributed by atoms with van der Waals surface area (Å²) < 4.78 is 2.31. The largest absolute Gasteiger partial charge is 0.478 e. The van der Waals surface area contributed by atoms with Crippen molar-refractivity contribution in [2.24, 2.45) is 0 Å². The fourth-order valence-electron chi connectivity index (χ4n) is 1.70. The van der Waals surface area contributed by atoms with Crippen LogP contribution in [-0.4, -0.2) is 17.0 Å². The summed E-state index contributed by atoms with van der Waals surface area (Å²) >= 11 is 6.15. The molecule has 0 heterocycles. The molecular weight excluding hydrogens is 611 g/mol. The van der Waals surface area contributed by atoms with Gasteiger partial charge in [0.15, 0.2) is 0 Å². The first kappa shape index (κ1) is 16.9. The number of aromatic carboxylic acids is 1. The number of nitrogens with one attached hydrogen (secondary N) is 1. The molecule has 0 aliphatic heterocycles. The minimum atomic E-state index is -1.07. The number of hydrogen-bond acceptors (Lipinski definition) is 2. The van der Waals surface area contributed by atoms with Crippen LogP contribution in [-0.2, 0) is 0 Å². The van der Waals surface area contributed by atoms with Crippen LogP contribution in [0.25, 0.3) is 0 Å². The number of carboxylic acids is 1. The Balaban J connectivity index is 2.42. The van der Waals surface area contributed by atoms with Crippen molar-refractivity contribution in [2.75, 3.05) is 5.32 Å². The van der Waals surface area contributed by atoms with Gasteiger partial charge in [0.25, 0.3) is 5.91 Å². The SMILES string of the molecule is O=C(Nc1c(I)cc(I)cc1C(=O)O)c1ccccc1I. The molecule has 0 aliphatic rings. The Labute approximate surface area is 162 Å². The van der Waals surface area contributed by atoms with Gasteiger partial charge in [-0.25, -0.2) is 4.79 Å². The average molecular weight is 619 g/mol. The first-order chi connectivity index (χ1) is 9.90. The summed E-state index contributed by atoms with van der Waals surface area (Å²) in [6.45, 7) is 0. The standard InChI is InChI=1S/C14H8I3NO3/c15-7-5-9(14(20)21)12(11(17)6-7)18-13(19)8-3-1-2-4-10(8)16/h1-6H,(H,18,19)(H,20,21). The van der Waals surface area contributed by atoms with Crippen LogP contribution in [0.2, 0.25) is 0 Å². The number of carbonyl (C=O) groups is 2. The van der Waals surface area contributed by atoms with Gasteiger partial charge in [-0.15, -0.1) is 0 Å². The van der Waals surface area contributed by atoms with Gasteiger partial charge >= 0.3 is 5.97 Å². The summed E-state index contributed by atoms with van der Waals surface area (Å²) in [4.78, 5) is 23.7. The van der Waals surface area contributed by atoms with E-state index < -0.39 is 5.97 Å². The number of amides is 1. The molecule has 2 aromatic rings. The van der Waals surface area contributed by atoms with E-state index in [1.54, 1.807) is 12.1 Å². The fraction of sp³-hybridized carbons (Fsp3) is 0. The number of carboxylic acid groups (broad SMARTS) is 1. The third kappa shape index (κ3) is 4.06.